The zero-order valence-electron chi connectivity index (χ0n) is 14.7. The average molecular weight is 345 g/mol. The lowest BCUT2D eigenvalue weighted by atomic mass is 10.1. The third kappa shape index (κ3) is 4.87. The Morgan fingerprint density at radius 2 is 1.56 bits per heavy atom. The summed E-state index contributed by atoms with van der Waals surface area (Å²) in [5, 5.41) is 12.2. The molecule has 2 aromatic carbocycles. The monoisotopic (exact) mass is 345 g/mol. The number of carbonyl (C=O) groups is 1. The molecule has 0 amide bonds. The molecule has 0 aliphatic heterocycles. The lowest BCUT2D eigenvalue weighted by Gasteiger charge is -2.15. The highest BCUT2D eigenvalue weighted by molar-refractivity contribution is 5.87. The highest BCUT2D eigenvalue weighted by atomic mass is 16.5. The summed E-state index contributed by atoms with van der Waals surface area (Å²) in [6.07, 6.45) is 0. The van der Waals surface area contributed by atoms with Crippen molar-refractivity contribution in [1.29, 1.82) is 0 Å². The van der Waals surface area contributed by atoms with Gasteiger partial charge in [0, 0.05) is 13.1 Å². The Morgan fingerprint density at radius 1 is 1.00 bits per heavy atom. The number of carboxylic acids is 1. The van der Waals surface area contributed by atoms with Gasteiger partial charge in [0.05, 0.1) is 26.4 Å². The first-order valence-electron chi connectivity index (χ1n) is 7.99. The lowest BCUT2D eigenvalue weighted by molar-refractivity contribution is 0.0697. The molecule has 0 aromatic heterocycles. The van der Waals surface area contributed by atoms with Crippen LogP contribution in [-0.2, 0) is 13.1 Å². The van der Waals surface area contributed by atoms with E-state index in [9.17, 15) is 4.79 Å². The molecule has 134 valence electrons. The van der Waals surface area contributed by atoms with Gasteiger partial charge in [0.15, 0.2) is 11.5 Å². The molecule has 0 unspecified atom stereocenters. The van der Waals surface area contributed by atoms with Crippen LogP contribution in [0.2, 0.25) is 0 Å². The van der Waals surface area contributed by atoms with Crippen LogP contribution in [0.3, 0.4) is 0 Å². The van der Waals surface area contributed by atoms with Gasteiger partial charge >= 0.3 is 5.97 Å². The minimum atomic E-state index is -0.923. The Labute approximate surface area is 147 Å². The SMILES string of the molecule is CCOc1c(OC)cc(CNCc2ccc(C(=O)O)cc2)cc1OC. The second-order valence-electron chi connectivity index (χ2n) is 5.37. The van der Waals surface area contributed by atoms with Crippen LogP contribution in [-0.4, -0.2) is 31.9 Å². The normalized spacial score (nSPS) is 10.4. The van der Waals surface area contributed by atoms with Crippen molar-refractivity contribution in [2.24, 2.45) is 0 Å². The van der Waals surface area contributed by atoms with E-state index in [1.54, 1.807) is 38.5 Å². The summed E-state index contributed by atoms with van der Waals surface area (Å²) >= 11 is 0. The summed E-state index contributed by atoms with van der Waals surface area (Å²) in [7, 11) is 3.19. The molecule has 0 spiro atoms. The third-order valence-electron chi connectivity index (χ3n) is 3.67. The second kappa shape index (κ2) is 8.94. The molecular weight excluding hydrogens is 322 g/mol. The molecule has 0 atom stereocenters. The van der Waals surface area contributed by atoms with Crippen molar-refractivity contribution in [3.8, 4) is 17.2 Å². The van der Waals surface area contributed by atoms with Crippen molar-refractivity contribution in [1.82, 2.24) is 5.32 Å². The smallest absolute Gasteiger partial charge is 0.335 e. The van der Waals surface area contributed by atoms with E-state index in [0.717, 1.165) is 11.1 Å². The molecule has 0 aliphatic carbocycles. The minimum Gasteiger partial charge on any atom is -0.493 e. The number of ether oxygens (including phenoxy) is 3. The molecular formula is C19H23NO5. The molecule has 2 aromatic rings. The number of methoxy groups -OCH3 is 2. The van der Waals surface area contributed by atoms with Crippen LogP contribution in [0.5, 0.6) is 17.2 Å². The number of rotatable bonds is 9. The topological polar surface area (TPSA) is 77.0 Å². The van der Waals surface area contributed by atoms with Crippen LogP contribution in [0.1, 0.15) is 28.4 Å². The molecule has 0 heterocycles. The number of hydrogen-bond acceptors (Lipinski definition) is 5. The number of carboxylic acid groups (broad SMARTS) is 1. The highest BCUT2D eigenvalue weighted by Gasteiger charge is 2.13. The molecule has 0 saturated heterocycles. The molecule has 6 nitrogen and oxygen atoms in total. The quantitative estimate of drug-likeness (QED) is 0.727. The molecule has 0 radical (unpaired) electrons. The third-order valence-corrected chi connectivity index (χ3v) is 3.67. The first-order chi connectivity index (χ1) is 12.1. The Morgan fingerprint density at radius 3 is 2.04 bits per heavy atom. The largest absolute Gasteiger partial charge is 0.493 e. The number of nitrogens with one attached hydrogen (secondary N) is 1. The molecule has 0 aliphatic rings. The van der Waals surface area contributed by atoms with E-state index in [1.807, 2.05) is 19.1 Å². The van der Waals surface area contributed by atoms with Crippen molar-refractivity contribution < 1.29 is 24.1 Å². The van der Waals surface area contributed by atoms with Crippen LogP contribution >= 0.6 is 0 Å². The van der Waals surface area contributed by atoms with Gasteiger partial charge in [-0.25, -0.2) is 4.79 Å². The van der Waals surface area contributed by atoms with E-state index in [4.69, 9.17) is 19.3 Å². The fraction of sp³-hybridized carbons (Fsp3) is 0.316. The van der Waals surface area contributed by atoms with Gasteiger partial charge in [0.25, 0.3) is 0 Å². The summed E-state index contributed by atoms with van der Waals surface area (Å²) < 4.78 is 16.4. The van der Waals surface area contributed by atoms with E-state index < -0.39 is 5.97 Å². The van der Waals surface area contributed by atoms with Crippen LogP contribution in [0.4, 0.5) is 0 Å². The highest BCUT2D eigenvalue weighted by Crippen LogP contribution is 2.38. The van der Waals surface area contributed by atoms with Crippen molar-refractivity contribution in [2.75, 3.05) is 20.8 Å². The summed E-state index contributed by atoms with van der Waals surface area (Å²) in [5.74, 6) is 0.932. The number of hydrogen-bond donors (Lipinski definition) is 2. The predicted molar refractivity (Wildman–Crippen MR) is 94.7 cm³/mol. The van der Waals surface area contributed by atoms with Crippen LogP contribution in [0.15, 0.2) is 36.4 Å². The average Bonchev–Trinajstić information content (AvgIpc) is 2.63. The van der Waals surface area contributed by atoms with Gasteiger partial charge in [0.2, 0.25) is 5.75 Å². The first kappa shape index (κ1) is 18.6. The molecule has 25 heavy (non-hydrogen) atoms. The fourth-order valence-corrected chi connectivity index (χ4v) is 2.44. The maximum absolute atomic E-state index is 10.9. The van der Waals surface area contributed by atoms with Gasteiger partial charge in [-0.1, -0.05) is 12.1 Å². The summed E-state index contributed by atoms with van der Waals surface area (Å²) in [6.45, 7) is 3.66. The van der Waals surface area contributed by atoms with Crippen molar-refractivity contribution >= 4 is 5.97 Å². The number of aromatic carboxylic acids is 1. The van der Waals surface area contributed by atoms with Crippen LogP contribution in [0.25, 0.3) is 0 Å². The predicted octanol–water partition coefficient (Wildman–Crippen LogP) is 3.09. The van der Waals surface area contributed by atoms with Crippen LogP contribution in [0, 0.1) is 0 Å². The van der Waals surface area contributed by atoms with Crippen molar-refractivity contribution in [3.63, 3.8) is 0 Å². The molecule has 0 saturated carbocycles. The Kier molecular flexibility index (Phi) is 6.65. The molecule has 2 rings (SSSR count). The van der Waals surface area contributed by atoms with Gasteiger partial charge in [-0.15, -0.1) is 0 Å². The molecule has 6 heteroatoms. The van der Waals surface area contributed by atoms with E-state index in [-0.39, 0.29) is 5.56 Å². The first-order valence-corrected chi connectivity index (χ1v) is 7.99. The van der Waals surface area contributed by atoms with Gasteiger partial charge < -0.3 is 24.6 Å². The Balaban J connectivity index is 2.03. The summed E-state index contributed by atoms with van der Waals surface area (Å²) in [6, 6.07) is 10.6. The Bertz CT molecular complexity index is 687. The zero-order valence-corrected chi connectivity index (χ0v) is 14.7. The lowest BCUT2D eigenvalue weighted by Crippen LogP contribution is -2.13. The van der Waals surface area contributed by atoms with Crippen molar-refractivity contribution in [2.45, 2.75) is 20.0 Å². The summed E-state index contributed by atoms with van der Waals surface area (Å²) in [5.41, 5.74) is 2.29. The standard InChI is InChI=1S/C19H23NO5/c1-4-25-18-16(23-2)9-14(10-17(18)24-3)12-20-11-13-5-7-15(8-6-13)19(21)22/h5-10,20H,4,11-12H2,1-3H3,(H,21,22). The van der Waals surface area contributed by atoms with Crippen molar-refractivity contribution in [3.05, 3.63) is 53.1 Å². The number of benzene rings is 2. The molecule has 0 fully saturated rings. The maximum Gasteiger partial charge on any atom is 0.335 e. The van der Waals surface area contributed by atoms with Gasteiger partial charge in [0.1, 0.15) is 0 Å². The van der Waals surface area contributed by atoms with E-state index in [2.05, 4.69) is 5.32 Å². The van der Waals surface area contributed by atoms with E-state index in [1.165, 1.54) is 0 Å². The Hall–Kier alpha value is -2.73. The van der Waals surface area contributed by atoms with Gasteiger partial charge in [-0.05, 0) is 42.3 Å². The molecule has 0 bridgehead atoms. The zero-order chi connectivity index (χ0) is 18.2. The fourth-order valence-electron chi connectivity index (χ4n) is 2.44. The van der Waals surface area contributed by atoms with E-state index in [0.29, 0.717) is 36.9 Å². The minimum absolute atomic E-state index is 0.282. The molecule has 2 N–H and O–H groups in total. The summed E-state index contributed by atoms with van der Waals surface area (Å²) in [4.78, 5) is 10.9. The second-order valence-corrected chi connectivity index (χ2v) is 5.37. The van der Waals surface area contributed by atoms with E-state index >= 15 is 0 Å². The van der Waals surface area contributed by atoms with Crippen LogP contribution < -0.4 is 19.5 Å². The van der Waals surface area contributed by atoms with Gasteiger partial charge in [-0.3, -0.25) is 0 Å². The van der Waals surface area contributed by atoms with Gasteiger partial charge in [-0.2, -0.15) is 0 Å². The maximum atomic E-state index is 10.9.